The monoisotopic (exact) mass is 180 g/mol. The van der Waals surface area contributed by atoms with E-state index in [2.05, 4.69) is 0 Å². The van der Waals surface area contributed by atoms with Gasteiger partial charge < -0.3 is 14.0 Å². The van der Waals surface area contributed by atoms with Crippen molar-refractivity contribution in [3.05, 3.63) is 23.7 Å². The summed E-state index contributed by atoms with van der Waals surface area (Å²) in [5.74, 6) is 1.63. The predicted octanol–water partition coefficient (Wildman–Crippen LogP) is 1.54. The smallest absolute Gasteiger partial charge is 0.120 e. The third-order valence-corrected chi connectivity index (χ3v) is 1.73. The van der Waals surface area contributed by atoms with Crippen LogP contribution in [0.15, 0.2) is 16.5 Å². The van der Waals surface area contributed by atoms with Gasteiger partial charge in [0.15, 0.2) is 0 Å². The quantitative estimate of drug-likeness (QED) is 0.624. The maximum Gasteiger partial charge on any atom is 0.120 e. The molecule has 0 aromatic carbocycles. The van der Waals surface area contributed by atoms with Gasteiger partial charge in [-0.15, -0.1) is 0 Å². The molecule has 0 amide bonds. The fraction of sp³-hybridized carbons (Fsp3) is 0.400. The second-order valence-electron chi connectivity index (χ2n) is 2.78. The van der Waals surface area contributed by atoms with Gasteiger partial charge in [-0.05, 0) is 12.1 Å². The SMILES string of the molecule is O=CCCc1ccc(CCC=O)o1. The van der Waals surface area contributed by atoms with Crippen LogP contribution in [0.2, 0.25) is 0 Å². The summed E-state index contributed by atoms with van der Waals surface area (Å²) < 4.78 is 5.37. The van der Waals surface area contributed by atoms with Gasteiger partial charge in [0.05, 0.1) is 0 Å². The van der Waals surface area contributed by atoms with E-state index < -0.39 is 0 Å². The number of aldehydes is 2. The molecule has 0 bridgehead atoms. The first-order chi connectivity index (χ1) is 6.36. The maximum absolute atomic E-state index is 10.1. The summed E-state index contributed by atoms with van der Waals surface area (Å²) in [7, 11) is 0. The van der Waals surface area contributed by atoms with Crippen molar-refractivity contribution < 1.29 is 14.0 Å². The Balaban J connectivity index is 2.43. The number of hydrogen-bond acceptors (Lipinski definition) is 3. The van der Waals surface area contributed by atoms with Crippen molar-refractivity contribution in [2.75, 3.05) is 0 Å². The molecule has 0 aliphatic carbocycles. The Labute approximate surface area is 76.7 Å². The molecule has 0 spiro atoms. The van der Waals surface area contributed by atoms with Gasteiger partial charge in [0.25, 0.3) is 0 Å². The van der Waals surface area contributed by atoms with Crippen LogP contribution in [-0.4, -0.2) is 12.6 Å². The minimum Gasteiger partial charge on any atom is -0.466 e. The van der Waals surface area contributed by atoms with Crippen LogP contribution in [0.1, 0.15) is 24.4 Å². The third kappa shape index (κ3) is 3.23. The number of hydrogen-bond donors (Lipinski definition) is 0. The molecule has 1 rings (SSSR count). The molecular weight excluding hydrogens is 168 g/mol. The van der Waals surface area contributed by atoms with Crippen molar-refractivity contribution >= 4 is 12.6 Å². The fourth-order valence-electron chi connectivity index (χ4n) is 1.09. The first-order valence-corrected chi connectivity index (χ1v) is 4.31. The van der Waals surface area contributed by atoms with Gasteiger partial charge in [0.2, 0.25) is 0 Å². The lowest BCUT2D eigenvalue weighted by Crippen LogP contribution is -1.83. The molecule has 0 atom stereocenters. The van der Waals surface area contributed by atoms with Crippen molar-refractivity contribution in [3.8, 4) is 0 Å². The Morgan fingerprint density at radius 3 is 1.85 bits per heavy atom. The van der Waals surface area contributed by atoms with E-state index in [0.717, 1.165) is 24.1 Å². The summed E-state index contributed by atoms with van der Waals surface area (Å²) in [4.78, 5) is 20.1. The van der Waals surface area contributed by atoms with Gasteiger partial charge in [-0.2, -0.15) is 0 Å². The van der Waals surface area contributed by atoms with Crippen LogP contribution in [0, 0.1) is 0 Å². The minimum atomic E-state index is 0.487. The lowest BCUT2D eigenvalue weighted by Gasteiger charge is -1.91. The molecule has 0 fully saturated rings. The lowest BCUT2D eigenvalue weighted by molar-refractivity contribution is -0.108. The average molecular weight is 180 g/mol. The molecule has 0 aliphatic heterocycles. The first-order valence-electron chi connectivity index (χ1n) is 4.31. The van der Waals surface area contributed by atoms with E-state index >= 15 is 0 Å². The number of carbonyl (C=O) groups excluding carboxylic acids is 2. The van der Waals surface area contributed by atoms with Gasteiger partial charge >= 0.3 is 0 Å². The average Bonchev–Trinajstić information content (AvgIpc) is 2.59. The van der Waals surface area contributed by atoms with Gasteiger partial charge in [-0.25, -0.2) is 0 Å². The van der Waals surface area contributed by atoms with Crippen LogP contribution in [-0.2, 0) is 22.4 Å². The van der Waals surface area contributed by atoms with Crippen molar-refractivity contribution in [1.82, 2.24) is 0 Å². The van der Waals surface area contributed by atoms with Crippen LogP contribution in [0.5, 0.6) is 0 Å². The lowest BCUT2D eigenvalue weighted by atomic mass is 10.2. The Morgan fingerprint density at radius 1 is 1.00 bits per heavy atom. The molecule has 70 valence electrons. The molecule has 1 aromatic heterocycles. The van der Waals surface area contributed by atoms with Gasteiger partial charge in [0, 0.05) is 25.7 Å². The molecule has 0 radical (unpaired) electrons. The van der Waals surface area contributed by atoms with E-state index in [1.54, 1.807) is 0 Å². The van der Waals surface area contributed by atoms with E-state index in [-0.39, 0.29) is 0 Å². The molecule has 0 saturated heterocycles. The van der Waals surface area contributed by atoms with Crippen molar-refractivity contribution in [2.45, 2.75) is 25.7 Å². The Morgan fingerprint density at radius 2 is 1.46 bits per heavy atom. The minimum absolute atomic E-state index is 0.487. The van der Waals surface area contributed by atoms with Crippen LogP contribution in [0.3, 0.4) is 0 Å². The largest absolute Gasteiger partial charge is 0.466 e. The molecule has 3 nitrogen and oxygen atoms in total. The third-order valence-electron chi connectivity index (χ3n) is 1.73. The number of carbonyl (C=O) groups is 2. The van der Waals surface area contributed by atoms with E-state index in [1.807, 2.05) is 12.1 Å². The zero-order valence-corrected chi connectivity index (χ0v) is 7.36. The van der Waals surface area contributed by atoms with E-state index in [9.17, 15) is 9.59 Å². The summed E-state index contributed by atoms with van der Waals surface area (Å²) >= 11 is 0. The second-order valence-corrected chi connectivity index (χ2v) is 2.78. The van der Waals surface area contributed by atoms with Crippen molar-refractivity contribution in [2.24, 2.45) is 0 Å². The summed E-state index contributed by atoms with van der Waals surface area (Å²) in [6.45, 7) is 0. The number of rotatable bonds is 6. The van der Waals surface area contributed by atoms with Crippen LogP contribution >= 0.6 is 0 Å². The van der Waals surface area contributed by atoms with Crippen molar-refractivity contribution in [3.63, 3.8) is 0 Å². The van der Waals surface area contributed by atoms with E-state index in [4.69, 9.17) is 4.42 Å². The number of aryl methyl sites for hydroxylation is 2. The second kappa shape index (κ2) is 5.30. The predicted molar refractivity (Wildman–Crippen MR) is 47.5 cm³/mol. The van der Waals surface area contributed by atoms with E-state index in [0.29, 0.717) is 25.7 Å². The molecule has 0 aliphatic rings. The molecular formula is C10H12O3. The summed E-state index contributed by atoms with van der Waals surface area (Å²) in [5, 5.41) is 0. The summed E-state index contributed by atoms with van der Waals surface area (Å²) in [6.07, 6.45) is 4.00. The molecule has 0 saturated carbocycles. The first kappa shape index (κ1) is 9.71. The van der Waals surface area contributed by atoms with Crippen LogP contribution in [0.4, 0.5) is 0 Å². The Bertz CT molecular complexity index is 249. The zero-order chi connectivity index (χ0) is 9.52. The van der Waals surface area contributed by atoms with Gasteiger partial charge in [0.1, 0.15) is 24.1 Å². The highest BCUT2D eigenvalue weighted by atomic mass is 16.3. The fourth-order valence-corrected chi connectivity index (χ4v) is 1.09. The van der Waals surface area contributed by atoms with E-state index in [1.165, 1.54) is 0 Å². The summed E-state index contributed by atoms with van der Waals surface area (Å²) in [6, 6.07) is 3.70. The zero-order valence-electron chi connectivity index (χ0n) is 7.36. The highest BCUT2D eigenvalue weighted by Gasteiger charge is 2.00. The van der Waals surface area contributed by atoms with Crippen molar-refractivity contribution in [1.29, 1.82) is 0 Å². The summed E-state index contributed by atoms with van der Waals surface area (Å²) in [5.41, 5.74) is 0. The molecule has 0 N–H and O–H groups in total. The van der Waals surface area contributed by atoms with Gasteiger partial charge in [-0.1, -0.05) is 0 Å². The van der Waals surface area contributed by atoms with Gasteiger partial charge in [-0.3, -0.25) is 0 Å². The molecule has 3 heteroatoms. The standard InChI is InChI=1S/C10H12O3/c11-7-1-3-9-5-6-10(13-9)4-2-8-12/h5-8H,1-4H2. The Kier molecular flexibility index (Phi) is 3.96. The van der Waals surface area contributed by atoms with Crippen LogP contribution < -0.4 is 0 Å². The van der Waals surface area contributed by atoms with Crippen LogP contribution in [0.25, 0.3) is 0 Å². The molecule has 0 unspecified atom stereocenters. The normalized spacial score (nSPS) is 9.85. The maximum atomic E-state index is 10.1. The molecule has 1 aromatic rings. The topological polar surface area (TPSA) is 47.3 Å². The highest BCUT2D eigenvalue weighted by Crippen LogP contribution is 2.10. The molecule has 13 heavy (non-hydrogen) atoms. The highest BCUT2D eigenvalue weighted by molar-refractivity contribution is 5.50. The number of furan rings is 1. The Hall–Kier alpha value is -1.38. The molecule has 1 heterocycles.